The predicted octanol–water partition coefficient (Wildman–Crippen LogP) is 5.08. The van der Waals surface area contributed by atoms with Crippen LogP contribution in [0.15, 0.2) is 29.2 Å². The van der Waals surface area contributed by atoms with Crippen molar-refractivity contribution in [3.8, 4) is 0 Å². The number of aliphatic hydroxyl groups excluding tert-OH is 1. The third kappa shape index (κ3) is 11.4. The van der Waals surface area contributed by atoms with Gasteiger partial charge in [-0.1, -0.05) is 70.4 Å². The van der Waals surface area contributed by atoms with Crippen LogP contribution in [0.2, 0.25) is 0 Å². The number of hydrogen-bond donors (Lipinski definition) is 2. The number of aliphatic hydroxyl groups is 1. The van der Waals surface area contributed by atoms with Gasteiger partial charge in [0.25, 0.3) is 0 Å². The van der Waals surface area contributed by atoms with Gasteiger partial charge in [0.1, 0.15) is 5.82 Å². The van der Waals surface area contributed by atoms with Crippen molar-refractivity contribution in [1.29, 1.82) is 0 Å². The molecule has 34 heavy (non-hydrogen) atoms. The van der Waals surface area contributed by atoms with Crippen molar-refractivity contribution in [2.45, 2.75) is 109 Å². The van der Waals surface area contributed by atoms with E-state index in [9.17, 15) is 9.59 Å². The Morgan fingerprint density at radius 3 is 2.35 bits per heavy atom. The lowest BCUT2D eigenvalue weighted by atomic mass is 10.1. The first-order valence-corrected chi connectivity index (χ1v) is 13.1. The summed E-state index contributed by atoms with van der Waals surface area (Å²) in [6.45, 7) is 2.14. The number of anilines is 1. The molecule has 1 aromatic heterocycles. The SMILES string of the molecule is CCCCCCCCCCC/C=C/CCCCC(=O)Nc1ccn(C2COC(CO)O2)c(=O)n1. The molecule has 0 bridgehead atoms. The summed E-state index contributed by atoms with van der Waals surface area (Å²) in [5, 5.41) is 11.7. The molecule has 2 rings (SSSR count). The Bertz CT molecular complexity index is 780. The number of carbonyl (C=O) groups is 1. The molecular formula is C26H43N3O5. The molecule has 0 aromatic carbocycles. The number of carbonyl (C=O) groups excluding carboxylic acids is 1. The Balaban J connectivity index is 1.49. The average Bonchev–Trinajstić information content (AvgIpc) is 3.30. The Kier molecular flexibility index (Phi) is 14.4. The number of ether oxygens (including phenoxy) is 2. The van der Waals surface area contributed by atoms with E-state index in [1.54, 1.807) is 6.07 Å². The predicted molar refractivity (Wildman–Crippen MR) is 134 cm³/mol. The van der Waals surface area contributed by atoms with Gasteiger partial charge in [-0.3, -0.25) is 9.36 Å². The lowest BCUT2D eigenvalue weighted by molar-refractivity contribution is -0.116. The van der Waals surface area contributed by atoms with E-state index in [4.69, 9.17) is 14.6 Å². The van der Waals surface area contributed by atoms with Crippen LogP contribution in [0.3, 0.4) is 0 Å². The fourth-order valence-corrected chi connectivity index (χ4v) is 3.95. The summed E-state index contributed by atoms with van der Waals surface area (Å²) in [4.78, 5) is 28.2. The van der Waals surface area contributed by atoms with Crippen molar-refractivity contribution >= 4 is 11.7 Å². The second-order valence-electron chi connectivity index (χ2n) is 8.92. The van der Waals surface area contributed by atoms with Gasteiger partial charge in [-0.2, -0.15) is 4.98 Å². The monoisotopic (exact) mass is 477 g/mol. The summed E-state index contributed by atoms with van der Waals surface area (Å²) in [7, 11) is 0. The highest BCUT2D eigenvalue weighted by Crippen LogP contribution is 2.19. The molecule has 192 valence electrons. The third-order valence-electron chi connectivity index (χ3n) is 5.96. The molecule has 0 spiro atoms. The van der Waals surface area contributed by atoms with E-state index in [0.717, 1.165) is 25.7 Å². The Morgan fingerprint density at radius 2 is 1.74 bits per heavy atom. The molecule has 1 aromatic rings. The molecule has 1 amide bonds. The number of hydrogen-bond acceptors (Lipinski definition) is 6. The van der Waals surface area contributed by atoms with Crippen molar-refractivity contribution < 1.29 is 19.4 Å². The van der Waals surface area contributed by atoms with Gasteiger partial charge < -0.3 is 19.9 Å². The van der Waals surface area contributed by atoms with Gasteiger partial charge >= 0.3 is 5.69 Å². The molecule has 0 saturated carbocycles. The standard InChI is InChI=1S/C26H43N3O5/c1-2-3-4-5-6-7-8-9-10-11-12-13-14-15-16-17-23(31)27-22-18-19-29(26(32)28-22)24-21-33-25(20-30)34-24/h12-13,18-19,24-25,30H,2-11,14-17,20-21H2,1H3,(H,27,28,31,32)/b13-12+. The first kappa shape index (κ1) is 28.2. The highest BCUT2D eigenvalue weighted by Gasteiger charge is 2.27. The van der Waals surface area contributed by atoms with Gasteiger partial charge in [0.15, 0.2) is 12.5 Å². The van der Waals surface area contributed by atoms with E-state index in [-0.39, 0.29) is 24.9 Å². The summed E-state index contributed by atoms with van der Waals surface area (Å²) in [5.41, 5.74) is -0.540. The van der Waals surface area contributed by atoms with Crippen LogP contribution in [0.25, 0.3) is 0 Å². The van der Waals surface area contributed by atoms with Crippen LogP contribution in [0.1, 0.15) is 103 Å². The maximum Gasteiger partial charge on any atom is 0.351 e. The second kappa shape index (κ2) is 17.4. The van der Waals surface area contributed by atoms with Crippen molar-refractivity contribution in [2.24, 2.45) is 0 Å². The summed E-state index contributed by atoms with van der Waals surface area (Å²) >= 11 is 0. The van der Waals surface area contributed by atoms with Crippen LogP contribution in [0.4, 0.5) is 5.82 Å². The summed E-state index contributed by atoms with van der Waals surface area (Å²) in [6.07, 6.45) is 21.1. The van der Waals surface area contributed by atoms with E-state index in [2.05, 4.69) is 29.4 Å². The molecule has 8 heteroatoms. The second-order valence-corrected chi connectivity index (χ2v) is 8.92. The van der Waals surface area contributed by atoms with Crippen molar-refractivity contribution in [1.82, 2.24) is 9.55 Å². The Labute approximate surface area is 203 Å². The third-order valence-corrected chi connectivity index (χ3v) is 5.96. The minimum atomic E-state index is -0.735. The maximum absolute atomic E-state index is 12.2. The molecule has 2 unspecified atom stereocenters. The molecule has 0 aliphatic carbocycles. The van der Waals surface area contributed by atoms with Crippen molar-refractivity contribution in [3.63, 3.8) is 0 Å². The molecule has 2 N–H and O–H groups in total. The van der Waals surface area contributed by atoms with E-state index >= 15 is 0 Å². The van der Waals surface area contributed by atoms with Crippen LogP contribution in [-0.4, -0.2) is 40.1 Å². The number of nitrogens with zero attached hydrogens (tertiary/aromatic N) is 2. The molecule has 2 atom stereocenters. The topological polar surface area (TPSA) is 103 Å². The Morgan fingerprint density at radius 1 is 1.09 bits per heavy atom. The molecule has 1 saturated heterocycles. The molecule has 1 aliphatic rings. The lowest BCUT2D eigenvalue weighted by Gasteiger charge is -2.12. The molecule has 2 heterocycles. The number of unbranched alkanes of at least 4 members (excludes halogenated alkanes) is 11. The van der Waals surface area contributed by atoms with Crippen molar-refractivity contribution in [3.05, 3.63) is 34.9 Å². The summed E-state index contributed by atoms with van der Waals surface area (Å²) in [6, 6.07) is 1.56. The van der Waals surface area contributed by atoms with Crippen LogP contribution in [-0.2, 0) is 14.3 Å². The highest BCUT2D eigenvalue weighted by atomic mass is 16.7. The highest BCUT2D eigenvalue weighted by molar-refractivity contribution is 5.89. The maximum atomic E-state index is 12.2. The van der Waals surface area contributed by atoms with Gasteiger partial charge in [0.05, 0.1) is 13.2 Å². The molecule has 8 nitrogen and oxygen atoms in total. The van der Waals surface area contributed by atoms with E-state index < -0.39 is 18.2 Å². The smallest absolute Gasteiger partial charge is 0.351 e. The van der Waals surface area contributed by atoms with Crippen LogP contribution in [0, 0.1) is 0 Å². The first-order chi connectivity index (χ1) is 16.6. The van der Waals surface area contributed by atoms with Crippen molar-refractivity contribution in [2.75, 3.05) is 18.5 Å². The lowest BCUT2D eigenvalue weighted by Crippen LogP contribution is -2.29. The molecule has 1 aliphatic heterocycles. The molecular weight excluding hydrogens is 434 g/mol. The average molecular weight is 478 g/mol. The van der Waals surface area contributed by atoms with Gasteiger partial charge in [-0.15, -0.1) is 0 Å². The number of allylic oxidation sites excluding steroid dienone is 2. The number of rotatable bonds is 18. The van der Waals surface area contributed by atoms with Crippen LogP contribution < -0.4 is 11.0 Å². The fraction of sp³-hybridized carbons (Fsp3) is 0.731. The largest absolute Gasteiger partial charge is 0.391 e. The van der Waals surface area contributed by atoms with Crippen LogP contribution >= 0.6 is 0 Å². The molecule has 1 fully saturated rings. The molecule has 0 radical (unpaired) electrons. The van der Waals surface area contributed by atoms with E-state index in [1.165, 1.54) is 68.6 Å². The first-order valence-electron chi connectivity index (χ1n) is 13.1. The van der Waals surface area contributed by atoms with E-state index in [0.29, 0.717) is 6.42 Å². The zero-order valence-corrected chi connectivity index (χ0v) is 20.8. The van der Waals surface area contributed by atoms with Crippen LogP contribution in [0.5, 0.6) is 0 Å². The quantitative estimate of drug-likeness (QED) is 0.226. The Hall–Kier alpha value is -2.03. The van der Waals surface area contributed by atoms with Gasteiger partial charge in [0.2, 0.25) is 5.91 Å². The number of aromatic nitrogens is 2. The normalized spacial score (nSPS) is 18.1. The fourth-order valence-electron chi connectivity index (χ4n) is 3.95. The zero-order chi connectivity index (χ0) is 24.4. The van der Waals surface area contributed by atoms with Gasteiger partial charge in [-0.25, -0.2) is 4.79 Å². The number of amides is 1. The van der Waals surface area contributed by atoms with Gasteiger partial charge in [-0.05, 0) is 38.2 Å². The number of nitrogens with one attached hydrogen (secondary N) is 1. The van der Waals surface area contributed by atoms with E-state index in [1.807, 2.05) is 0 Å². The van der Waals surface area contributed by atoms with Gasteiger partial charge in [0, 0.05) is 12.6 Å². The zero-order valence-electron chi connectivity index (χ0n) is 20.8. The summed E-state index contributed by atoms with van der Waals surface area (Å²) < 4.78 is 11.9. The minimum Gasteiger partial charge on any atom is -0.391 e. The minimum absolute atomic E-state index is 0.149. The summed E-state index contributed by atoms with van der Waals surface area (Å²) in [5.74, 6) is 0.0776.